The van der Waals surface area contributed by atoms with Crippen LogP contribution in [0.15, 0.2) is 36.4 Å². The molecule has 1 amide bonds. The highest BCUT2D eigenvalue weighted by atomic mass is 19.1. The molecule has 12 heteroatoms. The number of rotatable bonds is 4. The summed E-state index contributed by atoms with van der Waals surface area (Å²) in [5.41, 5.74) is 2.97. The van der Waals surface area contributed by atoms with Crippen molar-refractivity contribution in [3.8, 4) is 0 Å². The quantitative estimate of drug-likeness (QED) is 0.615. The van der Waals surface area contributed by atoms with Gasteiger partial charge in [0, 0.05) is 12.1 Å². The number of nitrogens with zero attached hydrogens (tertiary/aromatic N) is 2. The third-order valence-electron chi connectivity index (χ3n) is 2.82. The van der Waals surface area contributed by atoms with Crippen LogP contribution in [-0.2, 0) is 0 Å². The van der Waals surface area contributed by atoms with Gasteiger partial charge in [0.25, 0.3) is 17.3 Å². The van der Waals surface area contributed by atoms with Gasteiger partial charge in [-0.1, -0.05) is 0 Å². The van der Waals surface area contributed by atoms with Gasteiger partial charge in [-0.05, 0) is 12.1 Å². The summed E-state index contributed by atoms with van der Waals surface area (Å²) in [6, 6.07) is 5.02. The fourth-order valence-corrected chi connectivity index (χ4v) is 1.61. The predicted molar refractivity (Wildman–Crippen MR) is 81.6 cm³/mol. The van der Waals surface area contributed by atoms with Gasteiger partial charge in [0.1, 0.15) is 11.6 Å². The van der Waals surface area contributed by atoms with Crippen molar-refractivity contribution in [2.75, 3.05) is 0 Å². The van der Waals surface area contributed by atoms with Crippen LogP contribution in [0.1, 0.15) is 20.7 Å². The van der Waals surface area contributed by atoms with Crippen molar-refractivity contribution in [3.63, 3.8) is 0 Å². The predicted octanol–water partition coefficient (Wildman–Crippen LogP) is 2.26. The van der Waals surface area contributed by atoms with E-state index in [-0.39, 0.29) is 5.56 Å². The van der Waals surface area contributed by atoms with Crippen LogP contribution in [-0.4, -0.2) is 26.8 Å². The molecule has 0 heterocycles. The first-order valence-corrected chi connectivity index (χ1v) is 6.45. The minimum Gasteiger partial charge on any atom is -0.478 e. The Balaban J connectivity index is 0.000000260. The Morgan fingerprint density at radius 3 is 1.54 bits per heavy atom. The van der Waals surface area contributed by atoms with Crippen LogP contribution in [0.2, 0.25) is 0 Å². The standard InChI is InChI=1S/C7H5FN2O3.C7H4FNO4/c8-6-3-4(10(12)13)1-2-5(6)7(9)11;8-6-3-4(9(12)13)1-2-5(6)7(10)11/h1-3H,(H2,9,11);1-3H,(H,10,11). The third-order valence-corrected chi connectivity index (χ3v) is 2.82. The fourth-order valence-electron chi connectivity index (χ4n) is 1.61. The van der Waals surface area contributed by atoms with E-state index in [0.717, 1.165) is 24.3 Å². The number of benzene rings is 2. The monoisotopic (exact) mass is 369 g/mol. The molecule has 3 N–H and O–H groups in total. The van der Waals surface area contributed by atoms with Crippen LogP contribution in [0, 0.1) is 31.9 Å². The molecular formula is C14H9F2N3O7. The zero-order valence-electron chi connectivity index (χ0n) is 12.6. The molecular weight excluding hydrogens is 360 g/mol. The number of amides is 1. The molecule has 2 aromatic rings. The van der Waals surface area contributed by atoms with Crippen molar-refractivity contribution in [3.05, 3.63) is 79.4 Å². The van der Waals surface area contributed by atoms with Crippen LogP contribution in [0.4, 0.5) is 20.2 Å². The van der Waals surface area contributed by atoms with Crippen molar-refractivity contribution in [1.82, 2.24) is 0 Å². The fraction of sp³-hybridized carbons (Fsp3) is 0. The second kappa shape index (κ2) is 8.23. The van der Waals surface area contributed by atoms with E-state index in [1.165, 1.54) is 0 Å². The van der Waals surface area contributed by atoms with Crippen LogP contribution in [0.5, 0.6) is 0 Å². The maximum atomic E-state index is 12.9. The first kappa shape index (κ1) is 20.1. The lowest BCUT2D eigenvalue weighted by molar-refractivity contribution is -0.385. The van der Waals surface area contributed by atoms with Crippen LogP contribution >= 0.6 is 0 Å². The molecule has 0 aromatic heterocycles. The number of nitrogens with two attached hydrogens (primary N) is 1. The number of hydrogen-bond donors (Lipinski definition) is 2. The summed E-state index contributed by atoms with van der Waals surface area (Å²) in [6.07, 6.45) is 0. The molecule has 0 aliphatic heterocycles. The van der Waals surface area contributed by atoms with E-state index in [0.29, 0.717) is 12.1 Å². The first-order chi connectivity index (χ1) is 12.0. The Morgan fingerprint density at radius 1 is 0.885 bits per heavy atom. The normalized spacial score (nSPS) is 9.62. The second-order valence-electron chi connectivity index (χ2n) is 4.51. The Labute approximate surface area is 142 Å². The van der Waals surface area contributed by atoms with Gasteiger partial charge in [-0.15, -0.1) is 0 Å². The molecule has 0 bridgehead atoms. The largest absolute Gasteiger partial charge is 0.478 e. The third kappa shape index (κ3) is 5.02. The maximum absolute atomic E-state index is 12.9. The molecule has 0 spiro atoms. The lowest BCUT2D eigenvalue weighted by Crippen LogP contribution is -2.13. The topological polar surface area (TPSA) is 167 Å². The van der Waals surface area contributed by atoms with Gasteiger partial charge in [0.2, 0.25) is 0 Å². The van der Waals surface area contributed by atoms with E-state index in [1.807, 2.05) is 0 Å². The van der Waals surface area contributed by atoms with Gasteiger partial charge < -0.3 is 10.8 Å². The van der Waals surface area contributed by atoms with Crippen molar-refractivity contribution in [1.29, 1.82) is 0 Å². The lowest BCUT2D eigenvalue weighted by Gasteiger charge is -1.96. The molecule has 2 rings (SSSR count). The molecule has 2 aromatic carbocycles. The molecule has 0 aliphatic carbocycles. The number of nitro benzene ring substituents is 2. The van der Waals surface area contributed by atoms with Gasteiger partial charge in [0.15, 0.2) is 0 Å². The molecule has 10 nitrogen and oxygen atoms in total. The molecule has 0 radical (unpaired) electrons. The highest BCUT2D eigenvalue weighted by Crippen LogP contribution is 2.16. The highest BCUT2D eigenvalue weighted by Gasteiger charge is 2.15. The molecule has 0 aliphatic rings. The molecule has 0 saturated carbocycles. The van der Waals surface area contributed by atoms with Crippen molar-refractivity contribution < 1.29 is 33.3 Å². The van der Waals surface area contributed by atoms with E-state index in [2.05, 4.69) is 0 Å². The van der Waals surface area contributed by atoms with Crippen molar-refractivity contribution in [2.45, 2.75) is 0 Å². The number of carboxylic acid groups (broad SMARTS) is 1. The number of carbonyl (C=O) groups is 2. The SMILES string of the molecule is NC(=O)c1ccc([N+](=O)[O-])cc1F.O=C(O)c1ccc([N+](=O)[O-])cc1F. The van der Waals surface area contributed by atoms with E-state index >= 15 is 0 Å². The van der Waals surface area contributed by atoms with E-state index in [1.54, 1.807) is 0 Å². The van der Waals surface area contributed by atoms with Gasteiger partial charge in [-0.25, -0.2) is 13.6 Å². The summed E-state index contributed by atoms with van der Waals surface area (Å²) < 4.78 is 25.6. The second-order valence-corrected chi connectivity index (χ2v) is 4.51. The molecule has 0 saturated heterocycles. The minimum absolute atomic E-state index is 0.356. The Bertz CT molecular complexity index is 829. The number of non-ortho nitro benzene ring substituents is 2. The Morgan fingerprint density at radius 2 is 1.27 bits per heavy atom. The average molecular weight is 369 g/mol. The minimum atomic E-state index is -1.45. The zero-order valence-corrected chi connectivity index (χ0v) is 12.6. The lowest BCUT2D eigenvalue weighted by atomic mass is 10.2. The summed E-state index contributed by atoms with van der Waals surface area (Å²) in [6.45, 7) is 0. The van der Waals surface area contributed by atoms with Crippen LogP contribution in [0.25, 0.3) is 0 Å². The van der Waals surface area contributed by atoms with Gasteiger partial charge in [-0.2, -0.15) is 0 Å². The number of nitro groups is 2. The molecule has 0 atom stereocenters. The van der Waals surface area contributed by atoms with Crippen LogP contribution in [0.3, 0.4) is 0 Å². The van der Waals surface area contributed by atoms with Gasteiger partial charge >= 0.3 is 5.97 Å². The van der Waals surface area contributed by atoms with Crippen LogP contribution < -0.4 is 5.73 Å². The number of hydrogen-bond acceptors (Lipinski definition) is 6. The number of halogens is 2. The van der Waals surface area contributed by atoms with E-state index in [9.17, 15) is 38.6 Å². The van der Waals surface area contributed by atoms with E-state index in [4.69, 9.17) is 10.8 Å². The van der Waals surface area contributed by atoms with Crippen molar-refractivity contribution >= 4 is 23.3 Å². The van der Waals surface area contributed by atoms with Gasteiger partial charge in [-0.3, -0.25) is 25.0 Å². The molecule has 136 valence electrons. The zero-order chi connectivity index (χ0) is 20.0. The summed E-state index contributed by atoms with van der Waals surface area (Å²) >= 11 is 0. The summed E-state index contributed by atoms with van der Waals surface area (Å²) in [4.78, 5) is 39.5. The molecule has 26 heavy (non-hydrogen) atoms. The van der Waals surface area contributed by atoms with Crippen molar-refractivity contribution in [2.24, 2.45) is 5.73 Å². The molecule has 0 fully saturated rings. The first-order valence-electron chi connectivity index (χ1n) is 6.45. The Kier molecular flexibility index (Phi) is 6.36. The maximum Gasteiger partial charge on any atom is 0.338 e. The smallest absolute Gasteiger partial charge is 0.338 e. The summed E-state index contributed by atoms with van der Waals surface area (Å²) in [5.74, 6) is -4.50. The number of primary amides is 1. The highest BCUT2D eigenvalue weighted by molar-refractivity contribution is 5.93. The number of carbonyl (C=O) groups excluding carboxylic acids is 1. The number of carboxylic acids is 1. The molecule has 0 unspecified atom stereocenters. The van der Waals surface area contributed by atoms with E-state index < -0.39 is 50.3 Å². The average Bonchev–Trinajstić information content (AvgIpc) is 2.54. The number of aromatic carboxylic acids is 1. The summed E-state index contributed by atoms with van der Waals surface area (Å²) in [7, 11) is 0. The summed E-state index contributed by atoms with van der Waals surface area (Å²) in [5, 5.41) is 28.7. The van der Waals surface area contributed by atoms with Gasteiger partial charge in [0.05, 0.1) is 33.1 Å². The Hall–Kier alpha value is -3.96.